The van der Waals surface area contributed by atoms with E-state index in [1.165, 1.54) is 0 Å². The number of esters is 4. The molecular weight excluding hydrogens is 394 g/mol. The van der Waals surface area contributed by atoms with Crippen LogP contribution in [0.15, 0.2) is 0 Å². The van der Waals surface area contributed by atoms with Crippen molar-refractivity contribution in [3.8, 4) is 0 Å². The van der Waals surface area contributed by atoms with Gasteiger partial charge in [0.05, 0.1) is 5.92 Å². The zero-order valence-electron chi connectivity index (χ0n) is 16.1. The Morgan fingerprint density at radius 1 is 0.929 bits per heavy atom. The Kier molecular flexibility index (Phi) is 9.16. The highest BCUT2D eigenvalue weighted by Gasteiger charge is 2.70. The van der Waals surface area contributed by atoms with Gasteiger partial charge in [-0.15, -0.1) is 12.4 Å². The van der Waals surface area contributed by atoms with Gasteiger partial charge in [-0.25, -0.2) is 4.79 Å². The number of carbonyl (C=O) groups excluding carboxylic acids is 4. The Morgan fingerprint density at radius 2 is 1.46 bits per heavy atom. The minimum Gasteiger partial charge on any atom is -0.428 e. The third kappa shape index (κ3) is 5.57. The Morgan fingerprint density at radius 3 is 2.00 bits per heavy atom. The minimum absolute atomic E-state index is 0. The molecule has 0 radical (unpaired) electrons. The maximum absolute atomic E-state index is 12.3. The van der Waals surface area contributed by atoms with Crippen molar-refractivity contribution >= 4 is 36.3 Å². The number of carbonyl (C=O) groups is 4. The maximum atomic E-state index is 12.3. The van der Waals surface area contributed by atoms with Crippen LogP contribution in [-0.2, 0) is 38.1 Å². The van der Waals surface area contributed by atoms with E-state index in [4.69, 9.17) is 24.7 Å². The van der Waals surface area contributed by atoms with E-state index >= 15 is 0 Å². The second-order valence-corrected chi connectivity index (χ2v) is 6.96. The van der Waals surface area contributed by atoms with Crippen molar-refractivity contribution in [3.05, 3.63) is 0 Å². The van der Waals surface area contributed by atoms with Crippen molar-refractivity contribution in [1.29, 1.82) is 0 Å². The standard InChI is InChI=1S/C18H27NO8.ClH/c1-3-5-12(20)24-9-26-16(22)14-11-7-8-18(19,15(11)14)17(23)27-10-25-13(21)6-4-2;/h11,14-15H,3-10,19H2,1-2H3;1H/t11-,14-,15-,18-;/m0./s1. The van der Waals surface area contributed by atoms with Gasteiger partial charge in [-0.3, -0.25) is 14.4 Å². The van der Waals surface area contributed by atoms with Gasteiger partial charge in [0.15, 0.2) is 0 Å². The van der Waals surface area contributed by atoms with Crippen LogP contribution in [0.2, 0.25) is 0 Å². The lowest BCUT2D eigenvalue weighted by molar-refractivity contribution is -0.172. The molecule has 0 bridgehead atoms. The predicted octanol–water partition coefficient (Wildman–Crippen LogP) is 1.45. The summed E-state index contributed by atoms with van der Waals surface area (Å²) >= 11 is 0. The van der Waals surface area contributed by atoms with Crippen LogP contribution in [-0.4, -0.2) is 43.0 Å². The molecule has 160 valence electrons. The minimum atomic E-state index is -1.30. The van der Waals surface area contributed by atoms with Gasteiger partial charge in [-0.1, -0.05) is 13.8 Å². The smallest absolute Gasteiger partial charge is 0.329 e. The van der Waals surface area contributed by atoms with E-state index in [-0.39, 0.29) is 37.1 Å². The summed E-state index contributed by atoms with van der Waals surface area (Å²) in [6.07, 6.45) is 2.76. The van der Waals surface area contributed by atoms with Gasteiger partial charge in [0.1, 0.15) is 5.54 Å². The second kappa shape index (κ2) is 10.6. The van der Waals surface area contributed by atoms with E-state index in [2.05, 4.69) is 0 Å². The van der Waals surface area contributed by atoms with Crippen LogP contribution in [0.3, 0.4) is 0 Å². The van der Waals surface area contributed by atoms with Crippen molar-refractivity contribution in [2.75, 3.05) is 13.6 Å². The topological polar surface area (TPSA) is 131 Å². The van der Waals surface area contributed by atoms with Gasteiger partial charge < -0.3 is 24.7 Å². The molecule has 2 aliphatic rings. The highest BCUT2D eigenvalue weighted by molar-refractivity contribution is 5.87. The van der Waals surface area contributed by atoms with Crippen LogP contribution in [0, 0.1) is 17.8 Å². The van der Waals surface area contributed by atoms with Crippen molar-refractivity contribution in [1.82, 2.24) is 0 Å². The van der Waals surface area contributed by atoms with E-state index in [9.17, 15) is 19.2 Å². The Bertz CT molecular complexity index is 598. The molecule has 0 aromatic carbocycles. The second-order valence-electron chi connectivity index (χ2n) is 6.96. The summed E-state index contributed by atoms with van der Waals surface area (Å²) in [6, 6.07) is 0. The number of fused-ring (bicyclic) bond motifs is 1. The zero-order valence-corrected chi connectivity index (χ0v) is 17.0. The monoisotopic (exact) mass is 421 g/mol. The molecule has 0 aromatic rings. The zero-order chi connectivity index (χ0) is 20.0. The molecule has 0 spiro atoms. The Labute approximate surface area is 170 Å². The summed E-state index contributed by atoms with van der Waals surface area (Å²) in [6.45, 7) is 2.74. The van der Waals surface area contributed by atoms with E-state index < -0.39 is 48.9 Å². The molecule has 0 saturated heterocycles. The first-order chi connectivity index (χ1) is 12.8. The fourth-order valence-corrected chi connectivity index (χ4v) is 3.65. The third-order valence-electron chi connectivity index (χ3n) is 5.05. The first-order valence-electron chi connectivity index (χ1n) is 9.29. The van der Waals surface area contributed by atoms with Gasteiger partial charge in [-0.05, 0) is 31.6 Å². The number of halogens is 1. The van der Waals surface area contributed by atoms with Crippen LogP contribution in [0.1, 0.15) is 52.4 Å². The fourth-order valence-electron chi connectivity index (χ4n) is 3.65. The highest BCUT2D eigenvalue weighted by atomic mass is 35.5. The molecule has 2 N–H and O–H groups in total. The lowest BCUT2D eigenvalue weighted by Crippen LogP contribution is -2.51. The van der Waals surface area contributed by atoms with Gasteiger partial charge in [0, 0.05) is 18.8 Å². The molecule has 2 saturated carbocycles. The average Bonchev–Trinajstić information content (AvgIpc) is 3.25. The van der Waals surface area contributed by atoms with Crippen LogP contribution in [0.25, 0.3) is 0 Å². The van der Waals surface area contributed by atoms with Gasteiger partial charge in [0.2, 0.25) is 13.6 Å². The molecule has 0 aromatic heterocycles. The summed E-state index contributed by atoms with van der Waals surface area (Å²) in [5.74, 6) is -3.06. The molecule has 0 aliphatic heterocycles. The largest absolute Gasteiger partial charge is 0.428 e. The molecule has 0 unspecified atom stereocenters. The number of ether oxygens (including phenoxy) is 4. The van der Waals surface area contributed by atoms with Crippen LogP contribution in [0.4, 0.5) is 0 Å². The molecule has 0 heterocycles. The van der Waals surface area contributed by atoms with Gasteiger partial charge >= 0.3 is 23.9 Å². The van der Waals surface area contributed by atoms with E-state index in [1.807, 2.05) is 13.8 Å². The van der Waals surface area contributed by atoms with Gasteiger partial charge in [-0.2, -0.15) is 0 Å². The van der Waals surface area contributed by atoms with Crippen molar-refractivity contribution in [2.45, 2.75) is 57.9 Å². The molecule has 10 heteroatoms. The molecule has 9 nitrogen and oxygen atoms in total. The number of rotatable bonds is 10. The maximum Gasteiger partial charge on any atom is 0.329 e. The molecule has 2 fully saturated rings. The highest BCUT2D eigenvalue weighted by Crippen LogP contribution is 2.62. The van der Waals surface area contributed by atoms with Crippen molar-refractivity contribution in [2.24, 2.45) is 23.5 Å². The third-order valence-corrected chi connectivity index (χ3v) is 5.05. The fraction of sp³-hybridized carbons (Fsp3) is 0.778. The molecular formula is C18H28ClNO8. The van der Waals surface area contributed by atoms with Crippen LogP contribution >= 0.6 is 12.4 Å². The Balaban J connectivity index is 0.00000392. The van der Waals surface area contributed by atoms with E-state index in [0.29, 0.717) is 25.7 Å². The molecule has 2 aliphatic carbocycles. The summed E-state index contributed by atoms with van der Waals surface area (Å²) in [5, 5.41) is 0. The Hall–Kier alpha value is -1.87. The summed E-state index contributed by atoms with van der Waals surface area (Å²) in [7, 11) is 0. The summed E-state index contributed by atoms with van der Waals surface area (Å²) in [5.41, 5.74) is 4.90. The predicted molar refractivity (Wildman–Crippen MR) is 97.8 cm³/mol. The SMILES string of the molecule is CCCC(=O)OCOC(=O)[C@H]1[C@@H]2CC[C@@](N)(C(=O)OCOC(=O)CCC)[C@@H]21.Cl. The van der Waals surface area contributed by atoms with E-state index in [1.54, 1.807) is 0 Å². The number of hydrogen-bond acceptors (Lipinski definition) is 9. The quantitative estimate of drug-likeness (QED) is 0.411. The summed E-state index contributed by atoms with van der Waals surface area (Å²) < 4.78 is 19.5. The van der Waals surface area contributed by atoms with Crippen LogP contribution in [0.5, 0.6) is 0 Å². The van der Waals surface area contributed by atoms with Crippen LogP contribution < -0.4 is 5.73 Å². The molecule has 4 atom stereocenters. The molecule has 0 amide bonds. The number of nitrogens with two attached hydrogens (primary N) is 1. The van der Waals surface area contributed by atoms with Crippen molar-refractivity contribution in [3.63, 3.8) is 0 Å². The molecule has 28 heavy (non-hydrogen) atoms. The lowest BCUT2D eigenvalue weighted by atomic mass is 9.91. The van der Waals surface area contributed by atoms with Crippen molar-refractivity contribution < 1.29 is 38.1 Å². The number of hydrogen-bond donors (Lipinski definition) is 1. The first-order valence-corrected chi connectivity index (χ1v) is 9.29. The van der Waals surface area contributed by atoms with E-state index in [0.717, 1.165) is 0 Å². The lowest BCUT2D eigenvalue weighted by Gasteiger charge is -2.24. The molecule has 2 rings (SSSR count). The summed E-state index contributed by atoms with van der Waals surface area (Å²) in [4.78, 5) is 47.0. The van der Waals surface area contributed by atoms with Gasteiger partial charge in [0.25, 0.3) is 0 Å². The normalized spacial score (nSPS) is 27.0. The first kappa shape index (κ1) is 24.2. The average molecular weight is 422 g/mol.